The topological polar surface area (TPSA) is 35.5 Å². The quantitative estimate of drug-likeness (QED) is 0.340. The van der Waals surface area contributed by atoms with Crippen molar-refractivity contribution >= 4 is 14.3 Å². The highest BCUT2D eigenvalue weighted by atomic mass is 28.4. The number of hydrogen-bond acceptors (Lipinski definition) is 3. The lowest BCUT2D eigenvalue weighted by molar-refractivity contribution is -0.156. The zero-order chi connectivity index (χ0) is 16.8. The van der Waals surface area contributed by atoms with Gasteiger partial charge < -0.3 is 9.16 Å². The predicted octanol–water partition coefficient (Wildman–Crippen LogP) is 5.01. The Bertz CT molecular complexity index is 314. The first kappa shape index (κ1) is 20.6. The van der Waals surface area contributed by atoms with Crippen molar-refractivity contribution in [1.29, 1.82) is 0 Å². The van der Waals surface area contributed by atoms with Gasteiger partial charge in [-0.15, -0.1) is 0 Å². The minimum Gasteiger partial charge on any atom is -0.465 e. The minimum atomic E-state index is -1.76. The first-order valence-corrected chi connectivity index (χ1v) is 10.5. The van der Waals surface area contributed by atoms with E-state index in [-0.39, 0.29) is 11.9 Å². The van der Waals surface area contributed by atoms with Gasteiger partial charge in [0.2, 0.25) is 0 Å². The molecule has 0 spiro atoms. The van der Waals surface area contributed by atoms with Gasteiger partial charge in [-0.2, -0.15) is 0 Å². The predicted molar refractivity (Wildman–Crippen MR) is 92.0 cm³/mol. The molecular formula is C17H36O3Si. The summed E-state index contributed by atoms with van der Waals surface area (Å²) in [6.45, 7) is 17.5. The summed E-state index contributed by atoms with van der Waals surface area (Å²) in [6.07, 6.45) is 0.899. The highest BCUT2D eigenvalue weighted by molar-refractivity contribution is 6.76. The van der Waals surface area contributed by atoms with Crippen molar-refractivity contribution < 1.29 is 14.0 Å². The summed E-state index contributed by atoms with van der Waals surface area (Å²) >= 11 is 0. The van der Waals surface area contributed by atoms with E-state index in [1.54, 1.807) is 0 Å². The van der Waals surface area contributed by atoms with Crippen LogP contribution in [0.15, 0.2) is 0 Å². The molecule has 0 aliphatic carbocycles. The molecule has 0 heterocycles. The van der Waals surface area contributed by atoms with E-state index >= 15 is 0 Å². The zero-order valence-corrected chi connectivity index (χ0v) is 16.6. The Hall–Kier alpha value is -0.353. The van der Waals surface area contributed by atoms with E-state index in [1.807, 2.05) is 21.0 Å². The van der Waals surface area contributed by atoms with Crippen LogP contribution in [0.25, 0.3) is 0 Å². The number of hydrogen-bond donors (Lipinski definition) is 0. The minimum absolute atomic E-state index is 0.0868. The second-order valence-corrected chi connectivity index (χ2v) is 12.7. The van der Waals surface area contributed by atoms with Crippen LogP contribution in [0, 0.1) is 11.3 Å². The van der Waals surface area contributed by atoms with Crippen molar-refractivity contribution in [1.82, 2.24) is 0 Å². The Morgan fingerprint density at radius 3 is 1.86 bits per heavy atom. The molecule has 0 aliphatic heterocycles. The summed E-state index contributed by atoms with van der Waals surface area (Å²) in [5, 5.41) is 0. The van der Waals surface area contributed by atoms with Crippen LogP contribution in [-0.4, -0.2) is 28.0 Å². The monoisotopic (exact) mass is 316 g/mol. The van der Waals surface area contributed by atoms with Crippen LogP contribution in [-0.2, 0) is 14.0 Å². The van der Waals surface area contributed by atoms with Gasteiger partial charge in [-0.3, -0.25) is 4.79 Å². The van der Waals surface area contributed by atoms with E-state index < -0.39 is 13.7 Å². The molecule has 0 rings (SSSR count). The second kappa shape index (κ2) is 8.32. The molecular weight excluding hydrogens is 280 g/mol. The Labute approximate surface area is 132 Å². The third kappa shape index (κ3) is 5.10. The van der Waals surface area contributed by atoms with Crippen LogP contribution in [0.2, 0.25) is 17.1 Å². The van der Waals surface area contributed by atoms with Crippen molar-refractivity contribution in [2.45, 2.75) is 78.9 Å². The lowest BCUT2D eigenvalue weighted by atomic mass is 9.81. The zero-order valence-electron chi connectivity index (χ0n) is 15.6. The lowest BCUT2D eigenvalue weighted by Gasteiger charge is -2.37. The van der Waals surface area contributed by atoms with Crippen molar-refractivity contribution in [3.8, 4) is 0 Å². The molecule has 0 amide bonds. The molecule has 0 aromatic heterocycles. The molecule has 21 heavy (non-hydrogen) atoms. The number of carbonyl (C=O) groups is 1. The van der Waals surface area contributed by atoms with Gasteiger partial charge >= 0.3 is 5.97 Å². The molecule has 0 aromatic carbocycles. The van der Waals surface area contributed by atoms with Crippen LogP contribution in [0.5, 0.6) is 0 Å². The Balaban J connectivity index is 4.46. The molecule has 0 unspecified atom stereocenters. The third-order valence-corrected chi connectivity index (χ3v) is 11.1. The van der Waals surface area contributed by atoms with Crippen LogP contribution in [0.1, 0.15) is 61.8 Å². The average molecular weight is 317 g/mol. The highest BCUT2D eigenvalue weighted by Crippen LogP contribution is 2.37. The fourth-order valence-electron chi connectivity index (χ4n) is 2.75. The molecule has 0 bridgehead atoms. The van der Waals surface area contributed by atoms with Gasteiger partial charge in [-0.25, -0.2) is 0 Å². The molecule has 126 valence electrons. The van der Waals surface area contributed by atoms with E-state index in [9.17, 15) is 4.79 Å². The van der Waals surface area contributed by atoms with Crippen molar-refractivity contribution in [3.05, 3.63) is 0 Å². The van der Waals surface area contributed by atoms with Crippen LogP contribution in [0.3, 0.4) is 0 Å². The van der Waals surface area contributed by atoms with E-state index in [0.717, 1.165) is 12.5 Å². The number of ether oxygens (including phenoxy) is 1. The van der Waals surface area contributed by atoms with Gasteiger partial charge in [0, 0.05) is 7.11 Å². The summed E-state index contributed by atoms with van der Waals surface area (Å²) in [4.78, 5) is 12.1. The van der Waals surface area contributed by atoms with Gasteiger partial charge in [-0.05, 0) is 43.3 Å². The molecule has 4 heteroatoms. The van der Waals surface area contributed by atoms with Gasteiger partial charge in [0.1, 0.15) is 0 Å². The fourth-order valence-corrected chi connectivity index (χ4v) is 7.08. The lowest BCUT2D eigenvalue weighted by Crippen LogP contribution is -2.44. The summed E-state index contributed by atoms with van der Waals surface area (Å²) < 4.78 is 11.5. The van der Waals surface area contributed by atoms with E-state index in [0.29, 0.717) is 17.7 Å². The maximum absolute atomic E-state index is 12.1. The molecule has 0 aliphatic rings. The first-order valence-electron chi connectivity index (χ1n) is 8.24. The molecule has 0 saturated carbocycles. The van der Waals surface area contributed by atoms with E-state index in [1.165, 1.54) is 0 Å². The average Bonchev–Trinajstić information content (AvgIpc) is 2.37. The van der Waals surface area contributed by atoms with Gasteiger partial charge in [-0.1, -0.05) is 41.5 Å². The van der Waals surface area contributed by atoms with Crippen LogP contribution < -0.4 is 0 Å². The Kier molecular flexibility index (Phi) is 8.18. The summed E-state index contributed by atoms with van der Waals surface area (Å²) in [5.41, 5.74) is 0.738. The van der Waals surface area contributed by atoms with Gasteiger partial charge in [0.15, 0.2) is 8.32 Å². The Morgan fingerprint density at radius 2 is 1.52 bits per heavy atom. The molecule has 0 N–H and O–H groups in total. The van der Waals surface area contributed by atoms with Crippen LogP contribution in [0.4, 0.5) is 0 Å². The van der Waals surface area contributed by atoms with Gasteiger partial charge in [0.25, 0.3) is 0 Å². The fraction of sp³-hybridized carbons (Fsp3) is 0.941. The number of esters is 1. The highest BCUT2D eigenvalue weighted by Gasteiger charge is 2.40. The largest absolute Gasteiger partial charge is 0.465 e. The summed E-state index contributed by atoms with van der Waals surface area (Å²) in [7, 11) is 0.0921. The van der Waals surface area contributed by atoms with E-state index in [2.05, 4.69) is 41.5 Å². The van der Waals surface area contributed by atoms with E-state index in [4.69, 9.17) is 9.16 Å². The molecule has 3 nitrogen and oxygen atoms in total. The number of rotatable bonds is 9. The maximum atomic E-state index is 12.1. The second-order valence-electron chi connectivity index (χ2n) is 7.58. The molecule has 0 atom stereocenters. The maximum Gasteiger partial charge on any atom is 0.311 e. The first-order chi connectivity index (χ1) is 9.52. The van der Waals surface area contributed by atoms with Crippen molar-refractivity contribution in [3.63, 3.8) is 0 Å². The van der Waals surface area contributed by atoms with Crippen LogP contribution >= 0.6 is 0 Å². The smallest absolute Gasteiger partial charge is 0.311 e. The third-order valence-electron chi connectivity index (χ3n) is 5.25. The Morgan fingerprint density at radius 1 is 1.05 bits per heavy atom. The standard InChI is InChI=1S/C17H36O3Si/c1-13(2)17(7,8)16(18)20-11-10-12-21(19-9,14(3)4)15(5)6/h13-15H,10-12H2,1-9H3. The molecule has 0 aromatic rings. The van der Waals surface area contributed by atoms with Gasteiger partial charge in [0.05, 0.1) is 12.0 Å². The molecule has 0 saturated heterocycles. The SMILES string of the molecule is CO[Si](CCCOC(=O)C(C)(C)C(C)C)(C(C)C)C(C)C. The van der Waals surface area contributed by atoms with Crippen molar-refractivity contribution in [2.24, 2.45) is 11.3 Å². The molecule has 0 fully saturated rings. The summed E-state index contributed by atoms with van der Waals surface area (Å²) in [5.74, 6) is 0.194. The molecule has 0 radical (unpaired) electrons. The normalized spacial score (nSPS) is 13.3. The summed E-state index contributed by atoms with van der Waals surface area (Å²) in [6, 6.07) is 1.05. The van der Waals surface area contributed by atoms with Crippen molar-refractivity contribution in [2.75, 3.05) is 13.7 Å². The number of carbonyl (C=O) groups excluding carboxylic acids is 1.